The van der Waals surface area contributed by atoms with Crippen LogP contribution in [0.3, 0.4) is 0 Å². The quantitative estimate of drug-likeness (QED) is 0.850. The molecule has 122 valence electrons. The summed E-state index contributed by atoms with van der Waals surface area (Å²) in [6.45, 7) is 1.46. The summed E-state index contributed by atoms with van der Waals surface area (Å²) in [5.74, 6) is -0.743. The average molecular weight is 334 g/mol. The number of halogens is 3. The predicted molar refractivity (Wildman–Crippen MR) is 75.3 cm³/mol. The van der Waals surface area contributed by atoms with Gasteiger partial charge >= 0.3 is 0 Å². The predicted octanol–water partition coefficient (Wildman–Crippen LogP) is 3.44. The van der Waals surface area contributed by atoms with E-state index in [1.54, 1.807) is 0 Å². The number of hydrogen-bond donors (Lipinski definition) is 0. The average Bonchev–Trinajstić information content (AvgIpc) is 2.62. The molecule has 0 saturated heterocycles. The van der Waals surface area contributed by atoms with Crippen molar-refractivity contribution in [3.63, 3.8) is 0 Å². The Kier molecular flexibility index (Phi) is 3.66. The molecule has 0 radical (unpaired) electrons. The smallest absolute Gasteiger partial charge is 0.175 e. The van der Waals surface area contributed by atoms with E-state index in [0.717, 1.165) is 6.26 Å². The third kappa shape index (κ3) is 2.39. The van der Waals surface area contributed by atoms with Crippen LogP contribution in [0, 0.1) is 0 Å². The fourth-order valence-corrected chi connectivity index (χ4v) is 4.14. The summed E-state index contributed by atoms with van der Waals surface area (Å²) in [6.07, 6.45) is -3.60. The lowest BCUT2D eigenvalue weighted by Crippen LogP contribution is -2.35. The first-order valence-electron chi connectivity index (χ1n) is 7.16. The van der Waals surface area contributed by atoms with E-state index in [1.807, 2.05) is 0 Å². The van der Waals surface area contributed by atoms with E-state index < -0.39 is 34.3 Å². The SMILES string of the molecule is C[C@H]1c2c(S(C)(=O)=O)ccc(OC3CC(F)C3)c2[C@@H](F)[C@H]1F. The Labute approximate surface area is 127 Å². The first-order valence-corrected chi connectivity index (χ1v) is 9.05. The second-order valence-corrected chi connectivity index (χ2v) is 8.09. The molecule has 0 spiro atoms. The molecule has 7 heteroatoms. The van der Waals surface area contributed by atoms with Crippen LogP contribution in [0.5, 0.6) is 5.75 Å². The molecule has 22 heavy (non-hydrogen) atoms. The molecule has 0 bridgehead atoms. The van der Waals surface area contributed by atoms with Crippen LogP contribution in [0.4, 0.5) is 13.2 Å². The third-order valence-electron chi connectivity index (χ3n) is 4.43. The summed E-state index contributed by atoms with van der Waals surface area (Å²) in [6, 6.07) is 2.66. The monoisotopic (exact) mass is 334 g/mol. The lowest BCUT2D eigenvalue weighted by molar-refractivity contribution is 0.0388. The molecule has 0 heterocycles. The molecule has 2 aliphatic rings. The van der Waals surface area contributed by atoms with Gasteiger partial charge in [-0.15, -0.1) is 0 Å². The fourth-order valence-electron chi connectivity index (χ4n) is 3.13. The van der Waals surface area contributed by atoms with Crippen LogP contribution >= 0.6 is 0 Å². The van der Waals surface area contributed by atoms with Crippen LogP contribution in [0.1, 0.15) is 43.0 Å². The molecule has 1 aromatic rings. The van der Waals surface area contributed by atoms with Gasteiger partial charge in [0.15, 0.2) is 16.0 Å². The second-order valence-electron chi connectivity index (χ2n) is 6.10. The van der Waals surface area contributed by atoms with Crippen LogP contribution in [0.15, 0.2) is 17.0 Å². The van der Waals surface area contributed by atoms with E-state index >= 15 is 0 Å². The van der Waals surface area contributed by atoms with Gasteiger partial charge in [0.2, 0.25) is 0 Å². The van der Waals surface area contributed by atoms with Crippen molar-refractivity contribution in [1.29, 1.82) is 0 Å². The zero-order valence-electron chi connectivity index (χ0n) is 12.2. The molecule has 3 rings (SSSR count). The van der Waals surface area contributed by atoms with Gasteiger partial charge in [-0.05, 0) is 17.7 Å². The highest BCUT2D eigenvalue weighted by Crippen LogP contribution is 2.51. The van der Waals surface area contributed by atoms with E-state index in [0.29, 0.717) is 0 Å². The van der Waals surface area contributed by atoms with Crippen molar-refractivity contribution in [2.75, 3.05) is 6.26 Å². The van der Waals surface area contributed by atoms with Crippen LogP contribution in [-0.2, 0) is 9.84 Å². The minimum Gasteiger partial charge on any atom is -0.490 e. The maximum absolute atomic E-state index is 14.3. The molecule has 1 fully saturated rings. The van der Waals surface area contributed by atoms with Crippen LogP contribution < -0.4 is 4.74 Å². The standard InChI is InChI=1S/C15H17F3O3S/c1-7-12-11(22(2,19)20)4-3-10(13(12)15(18)14(7)17)21-9-5-8(16)6-9/h3-4,7-9,14-15H,5-6H2,1-2H3/t7-,8?,9?,14-,15+/m0/s1. The van der Waals surface area contributed by atoms with Crippen LogP contribution in [0.25, 0.3) is 0 Å². The minimum absolute atomic E-state index is 0.0368. The summed E-state index contributed by atoms with van der Waals surface area (Å²) in [7, 11) is -3.60. The number of rotatable bonds is 3. The Hall–Kier alpha value is -1.24. The van der Waals surface area contributed by atoms with E-state index in [-0.39, 0.29) is 40.7 Å². The van der Waals surface area contributed by atoms with E-state index in [1.165, 1.54) is 19.1 Å². The molecule has 0 unspecified atom stereocenters. The number of sulfone groups is 1. The lowest BCUT2D eigenvalue weighted by Gasteiger charge is -2.31. The topological polar surface area (TPSA) is 43.4 Å². The Balaban J connectivity index is 2.08. The first kappa shape index (κ1) is 15.6. The molecule has 2 aliphatic carbocycles. The Bertz CT molecular complexity index is 698. The summed E-state index contributed by atoms with van der Waals surface area (Å²) in [4.78, 5) is -0.0675. The zero-order valence-corrected chi connectivity index (χ0v) is 13.0. The molecule has 0 aromatic heterocycles. The van der Waals surface area contributed by atoms with E-state index in [2.05, 4.69) is 0 Å². The molecule has 3 nitrogen and oxygen atoms in total. The molecule has 3 atom stereocenters. The first-order chi connectivity index (χ1) is 10.2. The van der Waals surface area contributed by atoms with Crippen molar-refractivity contribution in [3.8, 4) is 5.75 Å². The zero-order chi connectivity index (χ0) is 16.2. The van der Waals surface area contributed by atoms with Gasteiger partial charge in [-0.1, -0.05) is 6.92 Å². The maximum Gasteiger partial charge on any atom is 0.175 e. The van der Waals surface area contributed by atoms with Gasteiger partial charge in [0.05, 0.1) is 4.90 Å². The molecule has 0 N–H and O–H groups in total. The van der Waals surface area contributed by atoms with Gasteiger partial charge in [0, 0.05) is 30.6 Å². The van der Waals surface area contributed by atoms with Gasteiger partial charge in [-0.25, -0.2) is 21.6 Å². The van der Waals surface area contributed by atoms with Gasteiger partial charge in [0.1, 0.15) is 24.2 Å². The van der Waals surface area contributed by atoms with Crippen molar-refractivity contribution < 1.29 is 26.3 Å². The summed E-state index contributed by atoms with van der Waals surface area (Å²) in [5, 5.41) is 0. The minimum atomic E-state index is -3.60. The Morgan fingerprint density at radius 1 is 1.14 bits per heavy atom. The number of hydrogen-bond acceptors (Lipinski definition) is 3. The van der Waals surface area contributed by atoms with Gasteiger partial charge in [-0.3, -0.25) is 0 Å². The highest BCUT2D eigenvalue weighted by Gasteiger charge is 2.45. The summed E-state index contributed by atoms with van der Waals surface area (Å²) in [5.41, 5.74) is 0.112. The molecule has 1 saturated carbocycles. The number of alkyl halides is 3. The molecular formula is C15H17F3O3S. The van der Waals surface area contributed by atoms with Crippen molar-refractivity contribution in [2.24, 2.45) is 0 Å². The maximum atomic E-state index is 14.3. The van der Waals surface area contributed by atoms with Crippen LogP contribution in [-0.4, -0.2) is 33.1 Å². The van der Waals surface area contributed by atoms with Crippen molar-refractivity contribution in [3.05, 3.63) is 23.3 Å². The Morgan fingerprint density at radius 3 is 2.32 bits per heavy atom. The normalized spacial score (nSPS) is 34.1. The molecule has 0 amide bonds. The number of fused-ring (bicyclic) bond motifs is 1. The molecule has 1 aromatic carbocycles. The molecular weight excluding hydrogens is 317 g/mol. The van der Waals surface area contributed by atoms with Crippen LogP contribution in [0.2, 0.25) is 0 Å². The second kappa shape index (κ2) is 5.15. The Morgan fingerprint density at radius 2 is 1.77 bits per heavy atom. The van der Waals surface area contributed by atoms with Gasteiger partial charge < -0.3 is 4.74 Å². The van der Waals surface area contributed by atoms with Crippen molar-refractivity contribution >= 4 is 9.84 Å². The largest absolute Gasteiger partial charge is 0.490 e. The number of benzene rings is 1. The van der Waals surface area contributed by atoms with E-state index in [4.69, 9.17) is 4.74 Å². The lowest BCUT2D eigenvalue weighted by atomic mass is 9.93. The van der Waals surface area contributed by atoms with E-state index in [9.17, 15) is 21.6 Å². The highest BCUT2D eigenvalue weighted by molar-refractivity contribution is 7.90. The van der Waals surface area contributed by atoms with Gasteiger partial charge in [0.25, 0.3) is 0 Å². The van der Waals surface area contributed by atoms with Crippen molar-refractivity contribution in [2.45, 2.75) is 55.2 Å². The van der Waals surface area contributed by atoms with Crippen molar-refractivity contribution in [1.82, 2.24) is 0 Å². The summed E-state index contributed by atoms with van der Waals surface area (Å²) < 4.78 is 70.5. The molecule has 0 aliphatic heterocycles. The highest BCUT2D eigenvalue weighted by atomic mass is 32.2. The summed E-state index contributed by atoms with van der Waals surface area (Å²) >= 11 is 0. The van der Waals surface area contributed by atoms with Gasteiger partial charge in [-0.2, -0.15) is 0 Å². The fraction of sp³-hybridized carbons (Fsp3) is 0.600. The third-order valence-corrected chi connectivity index (χ3v) is 5.58. The number of ether oxygens (including phenoxy) is 1.